The predicted molar refractivity (Wildman–Crippen MR) is 108 cm³/mol. The Morgan fingerprint density at radius 1 is 1.10 bits per heavy atom. The van der Waals surface area contributed by atoms with Crippen molar-refractivity contribution in [3.63, 3.8) is 0 Å². The van der Waals surface area contributed by atoms with E-state index in [1.165, 1.54) is 18.4 Å². The van der Waals surface area contributed by atoms with E-state index >= 15 is 0 Å². The number of nitrogens with one attached hydrogen (secondary N) is 2. The Bertz CT molecular complexity index is 1070. The fourth-order valence-corrected chi connectivity index (χ4v) is 3.65. The summed E-state index contributed by atoms with van der Waals surface area (Å²) < 4.78 is 38.0. The molecule has 0 fully saturated rings. The fraction of sp³-hybridized carbons (Fsp3) is 0.200. The van der Waals surface area contributed by atoms with Gasteiger partial charge in [0.05, 0.1) is 19.4 Å². The molecule has 0 saturated carbocycles. The second-order valence-corrected chi connectivity index (χ2v) is 7.07. The molecule has 0 bridgehead atoms. The lowest BCUT2D eigenvalue weighted by atomic mass is 10.2. The molecular formula is C20H18F2N2O4S. The number of carbonyl (C=O) groups is 2. The Hall–Kier alpha value is -3.20. The topological polar surface area (TPSA) is 76.7 Å². The first-order valence-electron chi connectivity index (χ1n) is 8.73. The van der Waals surface area contributed by atoms with Gasteiger partial charge < -0.3 is 20.1 Å². The summed E-state index contributed by atoms with van der Waals surface area (Å²) in [7, 11) is 1.29. The van der Waals surface area contributed by atoms with Crippen molar-refractivity contribution in [1.29, 1.82) is 0 Å². The van der Waals surface area contributed by atoms with E-state index < -0.39 is 23.6 Å². The smallest absolute Gasteiger partial charge is 0.351 e. The highest BCUT2D eigenvalue weighted by molar-refractivity contribution is 7.21. The SMILES string of the molecule is CCCOc1c(C(=O)OC)sc2ccc(NC(=O)Nc3ccc(F)cc3F)cc12. The van der Waals surface area contributed by atoms with Crippen molar-refractivity contribution in [2.75, 3.05) is 24.4 Å². The van der Waals surface area contributed by atoms with Crippen molar-refractivity contribution in [2.24, 2.45) is 0 Å². The number of urea groups is 1. The molecular weight excluding hydrogens is 402 g/mol. The number of carbonyl (C=O) groups excluding carboxylic acids is 2. The average Bonchev–Trinajstić information content (AvgIpc) is 3.05. The standard InChI is InChI=1S/C20H18F2N2O4S/c1-3-8-28-17-13-10-12(5-7-16(13)29-18(17)19(25)27-2)23-20(26)24-15-6-4-11(21)9-14(15)22/h4-7,9-10H,3,8H2,1-2H3,(H2,23,24,26). The van der Waals surface area contributed by atoms with Crippen LogP contribution >= 0.6 is 11.3 Å². The number of ether oxygens (including phenoxy) is 2. The highest BCUT2D eigenvalue weighted by Crippen LogP contribution is 2.39. The molecule has 0 atom stereocenters. The molecule has 29 heavy (non-hydrogen) atoms. The van der Waals surface area contributed by atoms with Gasteiger partial charge in [0.15, 0.2) is 10.6 Å². The largest absolute Gasteiger partial charge is 0.491 e. The zero-order chi connectivity index (χ0) is 21.0. The molecule has 0 spiro atoms. The van der Waals surface area contributed by atoms with Crippen molar-refractivity contribution in [3.05, 3.63) is 52.9 Å². The number of hydrogen-bond donors (Lipinski definition) is 2. The molecule has 2 N–H and O–H groups in total. The van der Waals surface area contributed by atoms with Crippen molar-refractivity contribution in [2.45, 2.75) is 13.3 Å². The molecule has 0 unspecified atom stereocenters. The van der Waals surface area contributed by atoms with Crippen LogP contribution in [0.2, 0.25) is 0 Å². The van der Waals surface area contributed by atoms with E-state index in [-0.39, 0.29) is 5.69 Å². The second kappa shape index (κ2) is 8.87. The second-order valence-electron chi connectivity index (χ2n) is 6.01. The Balaban J connectivity index is 1.86. The lowest BCUT2D eigenvalue weighted by molar-refractivity contribution is 0.0602. The molecule has 0 radical (unpaired) electrons. The van der Waals surface area contributed by atoms with E-state index in [0.29, 0.717) is 34.4 Å². The summed E-state index contributed by atoms with van der Waals surface area (Å²) in [6.07, 6.45) is 0.752. The first-order valence-corrected chi connectivity index (χ1v) is 9.55. The van der Waals surface area contributed by atoms with E-state index in [2.05, 4.69) is 10.6 Å². The molecule has 0 aliphatic carbocycles. The first-order chi connectivity index (χ1) is 13.9. The molecule has 9 heteroatoms. The van der Waals surface area contributed by atoms with Gasteiger partial charge in [-0.2, -0.15) is 0 Å². The molecule has 2 amide bonds. The Morgan fingerprint density at radius 3 is 2.59 bits per heavy atom. The Morgan fingerprint density at radius 2 is 1.90 bits per heavy atom. The van der Waals surface area contributed by atoms with Crippen LogP contribution in [0.15, 0.2) is 36.4 Å². The third kappa shape index (κ3) is 4.62. The number of amides is 2. The number of hydrogen-bond acceptors (Lipinski definition) is 5. The molecule has 1 aromatic heterocycles. The minimum atomic E-state index is -0.883. The van der Waals surface area contributed by atoms with Gasteiger partial charge in [0.2, 0.25) is 0 Å². The van der Waals surface area contributed by atoms with Gasteiger partial charge in [-0.15, -0.1) is 11.3 Å². The molecule has 0 saturated heterocycles. The fourth-order valence-electron chi connectivity index (χ4n) is 2.60. The molecule has 3 aromatic rings. The highest BCUT2D eigenvalue weighted by atomic mass is 32.1. The zero-order valence-corrected chi connectivity index (χ0v) is 16.5. The summed E-state index contributed by atoms with van der Waals surface area (Å²) in [6.45, 7) is 2.36. The Labute approximate surface area is 169 Å². The summed E-state index contributed by atoms with van der Waals surface area (Å²) in [5, 5.41) is 5.55. The van der Waals surface area contributed by atoms with E-state index in [9.17, 15) is 18.4 Å². The number of benzene rings is 2. The average molecular weight is 420 g/mol. The van der Waals surface area contributed by atoms with Gasteiger partial charge in [0.25, 0.3) is 0 Å². The molecule has 2 aromatic carbocycles. The number of fused-ring (bicyclic) bond motifs is 1. The first kappa shape index (κ1) is 20.5. The van der Waals surface area contributed by atoms with Crippen LogP contribution in [0.1, 0.15) is 23.0 Å². The monoisotopic (exact) mass is 420 g/mol. The number of anilines is 2. The lowest BCUT2D eigenvalue weighted by Gasteiger charge is -2.09. The van der Waals surface area contributed by atoms with Gasteiger partial charge in [0, 0.05) is 21.8 Å². The van der Waals surface area contributed by atoms with Crippen molar-refractivity contribution >= 4 is 44.8 Å². The van der Waals surface area contributed by atoms with Crippen LogP contribution in [0.25, 0.3) is 10.1 Å². The molecule has 1 heterocycles. The molecule has 0 aliphatic rings. The normalized spacial score (nSPS) is 10.6. The van der Waals surface area contributed by atoms with Crippen LogP contribution in [0, 0.1) is 11.6 Å². The summed E-state index contributed by atoms with van der Waals surface area (Å²) in [6, 6.07) is 7.19. The van der Waals surface area contributed by atoms with Crippen LogP contribution in [0.5, 0.6) is 5.75 Å². The molecule has 3 rings (SSSR count). The van der Waals surface area contributed by atoms with Crippen LogP contribution in [0.4, 0.5) is 25.0 Å². The maximum absolute atomic E-state index is 13.7. The van der Waals surface area contributed by atoms with Gasteiger partial charge in [-0.05, 0) is 36.8 Å². The molecule has 6 nitrogen and oxygen atoms in total. The van der Waals surface area contributed by atoms with Crippen LogP contribution in [-0.4, -0.2) is 25.7 Å². The van der Waals surface area contributed by atoms with Crippen molar-refractivity contribution < 1.29 is 27.8 Å². The van der Waals surface area contributed by atoms with Gasteiger partial charge in [-0.1, -0.05) is 6.92 Å². The maximum Gasteiger partial charge on any atom is 0.351 e. The van der Waals surface area contributed by atoms with Crippen LogP contribution in [-0.2, 0) is 4.74 Å². The zero-order valence-electron chi connectivity index (χ0n) is 15.7. The van der Waals surface area contributed by atoms with E-state index in [1.54, 1.807) is 18.2 Å². The number of thiophene rings is 1. The van der Waals surface area contributed by atoms with Crippen LogP contribution < -0.4 is 15.4 Å². The lowest BCUT2D eigenvalue weighted by Crippen LogP contribution is -2.20. The number of halogens is 2. The minimum Gasteiger partial charge on any atom is -0.491 e. The summed E-state index contributed by atoms with van der Waals surface area (Å²) in [5.41, 5.74) is 0.258. The number of methoxy groups -OCH3 is 1. The number of esters is 1. The van der Waals surface area contributed by atoms with Gasteiger partial charge in [-0.3, -0.25) is 0 Å². The minimum absolute atomic E-state index is 0.152. The highest BCUT2D eigenvalue weighted by Gasteiger charge is 2.21. The van der Waals surface area contributed by atoms with E-state index in [4.69, 9.17) is 9.47 Å². The summed E-state index contributed by atoms with van der Waals surface area (Å²) in [5.74, 6) is -1.73. The summed E-state index contributed by atoms with van der Waals surface area (Å²) in [4.78, 5) is 24.6. The quantitative estimate of drug-likeness (QED) is 0.524. The predicted octanol–water partition coefficient (Wildman–Crippen LogP) is 5.40. The van der Waals surface area contributed by atoms with Crippen molar-refractivity contribution in [3.8, 4) is 5.75 Å². The summed E-state index contributed by atoms with van der Waals surface area (Å²) >= 11 is 1.23. The number of rotatable bonds is 6. The van der Waals surface area contributed by atoms with Gasteiger partial charge >= 0.3 is 12.0 Å². The van der Waals surface area contributed by atoms with E-state index in [0.717, 1.165) is 23.3 Å². The maximum atomic E-state index is 13.7. The Kier molecular flexibility index (Phi) is 6.28. The third-order valence-electron chi connectivity index (χ3n) is 3.90. The van der Waals surface area contributed by atoms with E-state index in [1.807, 2.05) is 6.92 Å². The van der Waals surface area contributed by atoms with Crippen molar-refractivity contribution in [1.82, 2.24) is 0 Å². The van der Waals surface area contributed by atoms with Gasteiger partial charge in [-0.25, -0.2) is 18.4 Å². The molecule has 0 aliphatic heterocycles. The van der Waals surface area contributed by atoms with Gasteiger partial charge in [0.1, 0.15) is 11.6 Å². The van der Waals surface area contributed by atoms with Crippen LogP contribution in [0.3, 0.4) is 0 Å². The third-order valence-corrected chi connectivity index (χ3v) is 5.03. The molecule has 152 valence electrons.